The fraction of sp³-hybridized carbons (Fsp3) is 0.667. The van der Waals surface area contributed by atoms with E-state index in [9.17, 15) is 0 Å². The maximum Gasteiger partial charge on any atom is 0.119 e. The fourth-order valence-corrected chi connectivity index (χ4v) is 4.43. The molecule has 3 unspecified atom stereocenters. The van der Waals surface area contributed by atoms with Gasteiger partial charge in [-0.3, -0.25) is 0 Å². The molecule has 1 aromatic carbocycles. The monoisotopic (exact) mass is 273 g/mol. The normalized spacial score (nSPS) is 33.0. The van der Waals surface area contributed by atoms with Crippen LogP contribution in [0.25, 0.3) is 0 Å². The van der Waals surface area contributed by atoms with Crippen molar-refractivity contribution in [3.8, 4) is 5.75 Å². The molecule has 2 aliphatic rings. The van der Waals surface area contributed by atoms with Crippen LogP contribution < -0.4 is 10.5 Å². The Balaban J connectivity index is 2.15. The standard InChI is InChI=1S/C18H27NO/c1-12-9-14(20-3)11-16-15(12)10-13-7-5-4-6-8-18(16,2)17(13)19/h9,11,13,17H,4-8,10,19H2,1-3H3. The quantitative estimate of drug-likeness (QED) is 0.846. The van der Waals surface area contributed by atoms with Gasteiger partial charge in [0, 0.05) is 11.5 Å². The molecule has 0 aliphatic heterocycles. The van der Waals surface area contributed by atoms with Crippen molar-refractivity contribution in [1.82, 2.24) is 0 Å². The zero-order chi connectivity index (χ0) is 14.3. The Labute approximate surface area is 122 Å². The van der Waals surface area contributed by atoms with E-state index in [0.29, 0.717) is 12.0 Å². The minimum Gasteiger partial charge on any atom is -0.497 e. The van der Waals surface area contributed by atoms with Gasteiger partial charge in [0.05, 0.1) is 7.11 Å². The van der Waals surface area contributed by atoms with Crippen molar-refractivity contribution in [2.24, 2.45) is 11.7 Å². The van der Waals surface area contributed by atoms with E-state index in [1.165, 1.54) is 43.2 Å². The topological polar surface area (TPSA) is 35.2 Å². The first kappa shape index (κ1) is 13.9. The maximum atomic E-state index is 6.70. The van der Waals surface area contributed by atoms with Crippen LogP contribution in [0.15, 0.2) is 12.1 Å². The highest BCUT2D eigenvalue weighted by molar-refractivity contribution is 5.48. The second kappa shape index (κ2) is 5.07. The summed E-state index contributed by atoms with van der Waals surface area (Å²) < 4.78 is 5.49. The second-order valence-electron chi connectivity index (χ2n) is 6.98. The zero-order valence-corrected chi connectivity index (χ0v) is 13.0. The fourth-order valence-electron chi connectivity index (χ4n) is 4.43. The van der Waals surface area contributed by atoms with Crippen LogP contribution in [0, 0.1) is 12.8 Å². The first-order valence-corrected chi connectivity index (χ1v) is 8.00. The molecule has 3 atom stereocenters. The van der Waals surface area contributed by atoms with Crippen molar-refractivity contribution < 1.29 is 4.74 Å². The van der Waals surface area contributed by atoms with Crippen LogP contribution in [0.5, 0.6) is 5.75 Å². The molecule has 2 heteroatoms. The van der Waals surface area contributed by atoms with Crippen LogP contribution in [0.1, 0.15) is 55.7 Å². The highest BCUT2D eigenvalue weighted by atomic mass is 16.5. The molecule has 0 heterocycles. The molecule has 0 amide bonds. The number of ether oxygens (including phenoxy) is 1. The molecule has 0 spiro atoms. The van der Waals surface area contributed by atoms with Gasteiger partial charge in [-0.2, -0.15) is 0 Å². The average molecular weight is 273 g/mol. The minimum atomic E-state index is 0.123. The Kier molecular flexibility index (Phi) is 3.53. The molecule has 1 fully saturated rings. The van der Waals surface area contributed by atoms with Crippen LogP contribution in [0.4, 0.5) is 0 Å². The number of nitrogens with two attached hydrogens (primary N) is 1. The molecule has 2 aliphatic carbocycles. The van der Waals surface area contributed by atoms with E-state index in [1.807, 2.05) is 0 Å². The summed E-state index contributed by atoms with van der Waals surface area (Å²) in [6.07, 6.45) is 7.66. The van der Waals surface area contributed by atoms with Gasteiger partial charge < -0.3 is 10.5 Å². The Morgan fingerprint density at radius 3 is 2.80 bits per heavy atom. The van der Waals surface area contributed by atoms with Gasteiger partial charge in [0.1, 0.15) is 5.75 Å². The molecular formula is C18H27NO. The lowest BCUT2D eigenvalue weighted by atomic mass is 9.59. The molecule has 2 bridgehead atoms. The third-order valence-electron chi connectivity index (χ3n) is 5.78. The third-order valence-corrected chi connectivity index (χ3v) is 5.78. The van der Waals surface area contributed by atoms with Crippen molar-refractivity contribution in [2.45, 2.75) is 63.8 Å². The third kappa shape index (κ3) is 2.05. The van der Waals surface area contributed by atoms with E-state index in [1.54, 1.807) is 12.7 Å². The molecule has 1 aromatic rings. The van der Waals surface area contributed by atoms with E-state index < -0.39 is 0 Å². The summed E-state index contributed by atoms with van der Waals surface area (Å²) in [4.78, 5) is 0. The van der Waals surface area contributed by atoms with E-state index in [4.69, 9.17) is 10.5 Å². The van der Waals surface area contributed by atoms with Gasteiger partial charge in [-0.25, -0.2) is 0 Å². The molecule has 3 rings (SSSR count). The van der Waals surface area contributed by atoms with E-state index in [-0.39, 0.29) is 5.41 Å². The first-order chi connectivity index (χ1) is 9.56. The number of benzene rings is 1. The number of hydrogen-bond acceptors (Lipinski definition) is 2. The zero-order valence-electron chi connectivity index (χ0n) is 13.0. The lowest BCUT2D eigenvalue weighted by molar-refractivity contribution is 0.201. The van der Waals surface area contributed by atoms with Crippen molar-refractivity contribution in [2.75, 3.05) is 7.11 Å². The Morgan fingerprint density at radius 1 is 1.25 bits per heavy atom. The van der Waals surface area contributed by atoms with Gasteiger partial charge in [0.25, 0.3) is 0 Å². The van der Waals surface area contributed by atoms with Crippen molar-refractivity contribution in [3.63, 3.8) is 0 Å². The minimum absolute atomic E-state index is 0.123. The summed E-state index contributed by atoms with van der Waals surface area (Å²) in [6, 6.07) is 4.72. The Bertz CT molecular complexity index is 510. The summed E-state index contributed by atoms with van der Waals surface area (Å²) in [5.74, 6) is 1.63. The van der Waals surface area contributed by atoms with Gasteiger partial charge in [-0.15, -0.1) is 0 Å². The highest BCUT2D eigenvalue weighted by Crippen LogP contribution is 2.47. The van der Waals surface area contributed by atoms with Gasteiger partial charge in [0.15, 0.2) is 0 Å². The Morgan fingerprint density at radius 2 is 2.05 bits per heavy atom. The van der Waals surface area contributed by atoms with Crippen LogP contribution in [-0.4, -0.2) is 13.2 Å². The van der Waals surface area contributed by atoms with E-state index in [2.05, 4.69) is 26.0 Å². The van der Waals surface area contributed by atoms with Crippen LogP contribution in [0.3, 0.4) is 0 Å². The Hall–Kier alpha value is -1.02. The second-order valence-corrected chi connectivity index (χ2v) is 6.98. The smallest absolute Gasteiger partial charge is 0.119 e. The first-order valence-electron chi connectivity index (χ1n) is 8.00. The molecule has 20 heavy (non-hydrogen) atoms. The molecule has 110 valence electrons. The average Bonchev–Trinajstić information content (AvgIpc) is 2.44. The van der Waals surface area contributed by atoms with E-state index >= 15 is 0 Å². The van der Waals surface area contributed by atoms with Gasteiger partial charge >= 0.3 is 0 Å². The van der Waals surface area contributed by atoms with Crippen molar-refractivity contribution >= 4 is 0 Å². The van der Waals surface area contributed by atoms with E-state index in [0.717, 1.165) is 12.2 Å². The number of aryl methyl sites for hydroxylation is 1. The predicted octanol–water partition coefficient (Wildman–Crippen LogP) is 3.73. The summed E-state index contributed by atoms with van der Waals surface area (Å²) in [5, 5.41) is 0. The number of rotatable bonds is 1. The predicted molar refractivity (Wildman–Crippen MR) is 83.3 cm³/mol. The molecule has 0 aromatic heterocycles. The number of methoxy groups -OCH3 is 1. The van der Waals surface area contributed by atoms with Crippen LogP contribution >= 0.6 is 0 Å². The SMILES string of the molecule is COc1cc(C)c2c(c1)C1(C)CCCCCC(C2)C1N. The molecule has 0 saturated heterocycles. The lowest BCUT2D eigenvalue weighted by Gasteiger charge is -2.48. The lowest BCUT2D eigenvalue weighted by Crippen LogP contribution is -2.53. The van der Waals surface area contributed by atoms with Crippen molar-refractivity contribution in [3.05, 3.63) is 28.8 Å². The summed E-state index contributed by atoms with van der Waals surface area (Å²) in [6.45, 7) is 4.61. The maximum absolute atomic E-state index is 6.70. The molecule has 1 saturated carbocycles. The molecule has 0 radical (unpaired) electrons. The largest absolute Gasteiger partial charge is 0.497 e. The molecule has 2 nitrogen and oxygen atoms in total. The van der Waals surface area contributed by atoms with Crippen LogP contribution in [-0.2, 0) is 11.8 Å². The molecular weight excluding hydrogens is 246 g/mol. The van der Waals surface area contributed by atoms with Gasteiger partial charge in [-0.1, -0.05) is 26.2 Å². The summed E-state index contributed by atoms with van der Waals surface area (Å²) in [5.41, 5.74) is 11.2. The van der Waals surface area contributed by atoms with Gasteiger partial charge in [-0.05, 0) is 60.9 Å². The highest BCUT2D eigenvalue weighted by Gasteiger charge is 2.44. The van der Waals surface area contributed by atoms with Crippen LogP contribution in [0.2, 0.25) is 0 Å². The molecule has 2 N–H and O–H groups in total. The van der Waals surface area contributed by atoms with Crippen molar-refractivity contribution in [1.29, 1.82) is 0 Å². The number of fused-ring (bicyclic) bond motifs is 4. The summed E-state index contributed by atoms with van der Waals surface area (Å²) in [7, 11) is 1.76. The van der Waals surface area contributed by atoms with Gasteiger partial charge in [0.2, 0.25) is 0 Å². The number of hydrogen-bond donors (Lipinski definition) is 1. The summed E-state index contributed by atoms with van der Waals surface area (Å²) >= 11 is 0.